The van der Waals surface area contributed by atoms with Crippen LogP contribution in [0.25, 0.3) is 0 Å². The zero-order valence-corrected chi connectivity index (χ0v) is 14.8. The number of hydrogen-bond acceptors (Lipinski definition) is 3. The SMILES string of the molecule is O=C(N[C@H]1CC(=O)N(c2ccc(Cl)cc2)C1)N1CC[NH+](CCO)CC1. The van der Waals surface area contributed by atoms with Gasteiger partial charge >= 0.3 is 6.03 Å². The summed E-state index contributed by atoms with van der Waals surface area (Å²) >= 11 is 5.89. The second kappa shape index (κ2) is 8.03. The van der Waals surface area contributed by atoms with Gasteiger partial charge in [-0.15, -0.1) is 0 Å². The molecule has 2 saturated heterocycles. The molecule has 2 heterocycles. The number of benzene rings is 1. The molecular formula is C17H24ClN4O3+. The Morgan fingerprint density at radius 3 is 2.60 bits per heavy atom. The third-order valence-corrected chi connectivity index (χ3v) is 5.07. The molecule has 2 aliphatic rings. The van der Waals surface area contributed by atoms with E-state index in [-0.39, 0.29) is 24.6 Å². The number of carbonyl (C=O) groups is 2. The third-order valence-electron chi connectivity index (χ3n) is 4.81. The minimum atomic E-state index is -0.182. The van der Waals surface area contributed by atoms with Crippen LogP contribution in [-0.4, -0.2) is 73.9 Å². The van der Waals surface area contributed by atoms with Crippen LogP contribution < -0.4 is 15.1 Å². The van der Waals surface area contributed by atoms with E-state index in [1.807, 2.05) is 12.1 Å². The van der Waals surface area contributed by atoms with E-state index in [0.29, 0.717) is 31.1 Å². The zero-order chi connectivity index (χ0) is 17.8. The number of amides is 3. The van der Waals surface area contributed by atoms with E-state index in [0.717, 1.165) is 25.3 Å². The molecule has 25 heavy (non-hydrogen) atoms. The summed E-state index contributed by atoms with van der Waals surface area (Å²) < 4.78 is 0. The highest BCUT2D eigenvalue weighted by molar-refractivity contribution is 6.30. The summed E-state index contributed by atoms with van der Waals surface area (Å²) in [6.45, 7) is 4.39. The predicted molar refractivity (Wildman–Crippen MR) is 95.0 cm³/mol. The van der Waals surface area contributed by atoms with E-state index in [9.17, 15) is 9.59 Å². The summed E-state index contributed by atoms with van der Waals surface area (Å²) in [5.74, 6) is 0.00447. The van der Waals surface area contributed by atoms with E-state index in [4.69, 9.17) is 16.7 Å². The van der Waals surface area contributed by atoms with Crippen LogP contribution in [0.1, 0.15) is 6.42 Å². The van der Waals surface area contributed by atoms with Gasteiger partial charge in [0.25, 0.3) is 0 Å². The van der Waals surface area contributed by atoms with Crippen LogP contribution in [0.2, 0.25) is 5.02 Å². The quantitative estimate of drug-likeness (QED) is 0.661. The number of quaternary nitrogens is 1. The Labute approximate surface area is 152 Å². The summed E-state index contributed by atoms with van der Waals surface area (Å²) in [4.78, 5) is 29.5. The Kier molecular flexibility index (Phi) is 5.78. The highest BCUT2D eigenvalue weighted by Crippen LogP contribution is 2.23. The van der Waals surface area contributed by atoms with Crippen molar-refractivity contribution in [3.63, 3.8) is 0 Å². The number of aliphatic hydroxyl groups excluding tert-OH is 1. The molecule has 0 aromatic heterocycles. The molecule has 7 nitrogen and oxygen atoms in total. The first-order valence-corrected chi connectivity index (χ1v) is 9.00. The van der Waals surface area contributed by atoms with Crippen LogP contribution in [0.3, 0.4) is 0 Å². The van der Waals surface area contributed by atoms with E-state index in [2.05, 4.69) is 5.32 Å². The number of nitrogens with one attached hydrogen (secondary N) is 2. The van der Waals surface area contributed by atoms with Gasteiger partial charge in [-0.25, -0.2) is 4.79 Å². The molecule has 0 spiro atoms. The Bertz CT molecular complexity index is 617. The summed E-state index contributed by atoms with van der Waals surface area (Å²) in [5.41, 5.74) is 0.798. The molecule has 0 bridgehead atoms. The van der Waals surface area contributed by atoms with Gasteiger partial charge in [0.2, 0.25) is 5.91 Å². The van der Waals surface area contributed by atoms with Crippen molar-refractivity contribution in [1.82, 2.24) is 10.2 Å². The fraction of sp³-hybridized carbons (Fsp3) is 0.529. The van der Waals surface area contributed by atoms with Crippen LogP contribution in [0.5, 0.6) is 0 Å². The number of halogens is 1. The number of hydrogen-bond donors (Lipinski definition) is 3. The molecule has 8 heteroatoms. The largest absolute Gasteiger partial charge is 0.391 e. The van der Waals surface area contributed by atoms with Crippen molar-refractivity contribution >= 4 is 29.2 Å². The lowest BCUT2D eigenvalue weighted by molar-refractivity contribution is -0.904. The van der Waals surface area contributed by atoms with Crippen molar-refractivity contribution in [1.29, 1.82) is 0 Å². The predicted octanol–water partition coefficient (Wildman–Crippen LogP) is -0.652. The van der Waals surface area contributed by atoms with Gasteiger partial charge in [0.1, 0.15) is 6.54 Å². The maximum absolute atomic E-state index is 12.4. The van der Waals surface area contributed by atoms with Crippen LogP contribution in [-0.2, 0) is 4.79 Å². The van der Waals surface area contributed by atoms with Crippen molar-refractivity contribution in [3.8, 4) is 0 Å². The Morgan fingerprint density at radius 1 is 1.28 bits per heavy atom. The van der Waals surface area contributed by atoms with E-state index < -0.39 is 0 Å². The number of urea groups is 1. The minimum Gasteiger partial charge on any atom is -0.391 e. The first kappa shape index (κ1) is 18.0. The molecule has 2 fully saturated rings. The fourth-order valence-electron chi connectivity index (χ4n) is 3.37. The topological polar surface area (TPSA) is 77.3 Å². The lowest BCUT2D eigenvalue weighted by Gasteiger charge is -2.32. The van der Waals surface area contributed by atoms with Gasteiger partial charge in [0.15, 0.2) is 0 Å². The average molecular weight is 368 g/mol. The van der Waals surface area contributed by atoms with E-state index in [1.165, 1.54) is 4.90 Å². The van der Waals surface area contributed by atoms with Crippen LogP contribution in [0, 0.1) is 0 Å². The minimum absolute atomic E-state index is 0.00447. The third kappa shape index (κ3) is 4.42. The smallest absolute Gasteiger partial charge is 0.318 e. The van der Waals surface area contributed by atoms with Crippen molar-refractivity contribution in [2.24, 2.45) is 0 Å². The van der Waals surface area contributed by atoms with Gasteiger partial charge < -0.3 is 25.1 Å². The van der Waals surface area contributed by atoms with Crippen LogP contribution in [0.4, 0.5) is 10.5 Å². The average Bonchev–Trinajstić information content (AvgIpc) is 2.97. The molecule has 136 valence electrons. The first-order chi connectivity index (χ1) is 12.1. The van der Waals surface area contributed by atoms with Crippen molar-refractivity contribution in [2.45, 2.75) is 12.5 Å². The number of aliphatic hydroxyl groups is 1. The molecule has 3 amide bonds. The number of piperazine rings is 1. The summed E-state index contributed by atoms with van der Waals surface area (Å²) in [6, 6.07) is 6.84. The highest BCUT2D eigenvalue weighted by atomic mass is 35.5. The lowest BCUT2D eigenvalue weighted by Crippen LogP contribution is -3.15. The molecule has 0 radical (unpaired) electrons. The molecular weight excluding hydrogens is 344 g/mol. The number of anilines is 1. The van der Waals surface area contributed by atoms with Gasteiger partial charge in [-0.3, -0.25) is 4.79 Å². The van der Waals surface area contributed by atoms with Crippen LogP contribution in [0.15, 0.2) is 24.3 Å². The van der Waals surface area contributed by atoms with Crippen molar-refractivity contribution in [3.05, 3.63) is 29.3 Å². The Hall–Kier alpha value is -1.83. The molecule has 1 aromatic rings. The number of carbonyl (C=O) groups excluding carboxylic acids is 2. The van der Waals surface area contributed by atoms with Gasteiger partial charge in [-0.1, -0.05) is 11.6 Å². The number of nitrogens with zero attached hydrogens (tertiary/aromatic N) is 2. The molecule has 1 atom stereocenters. The highest BCUT2D eigenvalue weighted by Gasteiger charge is 2.33. The molecule has 3 N–H and O–H groups in total. The fourth-order valence-corrected chi connectivity index (χ4v) is 3.50. The molecule has 2 aliphatic heterocycles. The monoisotopic (exact) mass is 367 g/mol. The summed E-state index contributed by atoms with van der Waals surface area (Å²) in [6.07, 6.45) is 0.310. The van der Waals surface area contributed by atoms with Crippen molar-refractivity contribution in [2.75, 3.05) is 50.8 Å². The molecule has 0 saturated carbocycles. The van der Waals surface area contributed by atoms with Crippen LogP contribution >= 0.6 is 11.6 Å². The lowest BCUT2D eigenvalue weighted by atomic mass is 10.2. The molecule has 0 aliphatic carbocycles. The van der Waals surface area contributed by atoms with E-state index in [1.54, 1.807) is 21.9 Å². The number of rotatable bonds is 4. The van der Waals surface area contributed by atoms with E-state index >= 15 is 0 Å². The standard InChI is InChI=1S/C17H23ClN4O3/c18-13-1-3-15(4-2-13)22-12-14(11-16(22)24)19-17(25)21-7-5-20(6-8-21)9-10-23/h1-4,14,23H,5-12H2,(H,19,25)/p+1/t14-/m0/s1. The zero-order valence-electron chi connectivity index (χ0n) is 14.1. The van der Waals surface area contributed by atoms with Gasteiger partial charge in [0, 0.05) is 23.7 Å². The molecule has 0 unspecified atom stereocenters. The Morgan fingerprint density at radius 2 is 1.96 bits per heavy atom. The van der Waals surface area contributed by atoms with Gasteiger partial charge in [-0.2, -0.15) is 0 Å². The summed E-state index contributed by atoms with van der Waals surface area (Å²) in [7, 11) is 0. The molecule has 1 aromatic carbocycles. The second-order valence-corrected chi connectivity index (χ2v) is 6.98. The van der Waals surface area contributed by atoms with Gasteiger partial charge in [0.05, 0.1) is 38.8 Å². The Balaban J connectivity index is 1.51. The molecule has 3 rings (SSSR count). The van der Waals surface area contributed by atoms with Gasteiger partial charge in [-0.05, 0) is 24.3 Å². The maximum atomic E-state index is 12.4. The maximum Gasteiger partial charge on any atom is 0.318 e. The normalized spacial score (nSPS) is 21.7. The second-order valence-electron chi connectivity index (χ2n) is 6.54. The summed E-state index contributed by atoms with van der Waals surface area (Å²) in [5, 5.41) is 12.6. The van der Waals surface area contributed by atoms with Crippen molar-refractivity contribution < 1.29 is 19.6 Å². The first-order valence-electron chi connectivity index (χ1n) is 8.62.